The van der Waals surface area contributed by atoms with E-state index in [9.17, 15) is 14.0 Å². The fourth-order valence-electron chi connectivity index (χ4n) is 4.07. The number of hydrogen-bond donors (Lipinski definition) is 1. The molecule has 2 aliphatic rings. The summed E-state index contributed by atoms with van der Waals surface area (Å²) in [5, 5.41) is 2.98. The van der Waals surface area contributed by atoms with Gasteiger partial charge in [0, 0.05) is 44.8 Å². The highest BCUT2D eigenvalue weighted by atomic mass is 19.1. The molecule has 2 heterocycles. The van der Waals surface area contributed by atoms with Gasteiger partial charge in [-0.05, 0) is 43.3 Å². The van der Waals surface area contributed by atoms with E-state index in [0.717, 1.165) is 11.4 Å². The van der Waals surface area contributed by atoms with Crippen molar-refractivity contribution in [3.63, 3.8) is 0 Å². The number of carbonyl (C=O) groups excluding carboxylic acids is 2. The van der Waals surface area contributed by atoms with Crippen LogP contribution in [0.1, 0.15) is 13.3 Å². The van der Waals surface area contributed by atoms with Crippen LogP contribution in [0.25, 0.3) is 0 Å². The Morgan fingerprint density at radius 1 is 1.10 bits per heavy atom. The third-order valence-electron chi connectivity index (χ3n) is 5.67. The molecular weight excluding hydrogens is 399 g/mol. The third-order valence-corrected chi connectivity index (χ3v) is 5.67. The number of halogens is 1. The second kappa shape index (κ2) is 9.24. The number of ether oxygens (including phenoxy) is 1. The number of rotatable bonds is 5. The van der Waals surface area contributed by atoms with Crippen LogP contribution in [-0.4, -0.2) is 62.2 Å². The van der Waals surface area contributed by atoms with Gasteiger partial charge >= 0.3 is 6.03 Å². The molecule has 2 saturated heterocycles. The molecule has 0 aromatic heterocycles. The fraction of sp³-hybridized carbons (Fsp3) is 0.391. The number of piperazine rings is 1. The third kappa shape index (κ3) is 4.73. The number of nitrogens with zero attached hydrogens (tertiary/aromatic N) is 3. The summed E-state index contributed by atoms with van der Waals surface area (Å²) in [6.45, 7) is 5.09. The van der Waals surface area contributed by atoms with Crippen molar-refractivity contribution in [3.8, 4) is 5.75 Å². The van der Waals surface area contributed by atoms with E-state index in [-0.39, 0.29) is 30.2 Å². The Morgan fingerprint density at radius 3 is 2.48 bits per heavy atom. The highest BCUT2D eigenvalue weighted by Gasteiger charge is 2.33. The summed E-state index contributed by atoms with van der Waals surface area (Å²) >= 11 is 0. The highest BCUT2D eigenvalue weighted by molar-refractivity contribution is 5.96. The minimum atomic E-state index is -0.251. The predicted octanol–water partition coefficient (Wildman–Crippen LogP) is 2.86. The second-order valence-electron chi connectivity index (χ2n) is 7.71. The highest BCUT2D eigenvalue weighted by Crippen LogP contribution is 2.25. The molecule has 2 aromatic carbocycles. The molecule has 0 bridgehead atoms. The smallest absolute Gasteiger partial charge is 0.317 e. The van der Waals surface area contributed by atoms with E-state index < -0.39 is 0 Å². The van der Waals surface area contributed by atoms with Gasteiger partial charge in [0.25, 0.3) is 0 Å². The molecule has 1 N–H and O–H groups in total. The zero-order chi connectivity index (χ0) is 21.8. The second-order valence-corrected chi connectivity index (χ2v) is 7.71. The molecule has 3 amide bonds. The van der Waals surface area contributed by atoms with Crippen molar-refractivity contribution in [2.75, 3.05) is 49.1 Å². The van der Waals surface area contributed by atoms with Crippen LogP contribution in [0.3, 0.4) is 0 Å². The summed E-state index contributed by atoms with van der Waals surface area (Å²) in [7, 11) is 0. The first kappa shape index (κ1) is 21.0. The van der Waals surface area contributed by atoms with Crippen molar-refractivity contribution in [1.82, 2.24) is 10.2 Å². The molecule has 8 heteroatoms. The van der Waals surface area contributed by atoms with Crippen LogP contribution in [0.5, 0.6) is 5.75 Å². The van der Waals surface area contributed by atoms with Gasteiger partial charge in [-0.2, -0.15) is 0 Å². The normalized spacial score (nSPS) is 19.0. The summed E-state index contributed by atoms with van der Waals surface area (Å²) in [5.74, 6) is 0.496. The van der Waals surface area contributed by atoms with Gasteiger partial charge < -0.3 is 24.8 Å². The van der Waals surface area contributed by atoms with Crippen molar-refractivity contribution in [3.05, 3.63) is 54.3 Å². The number of hydrogen-bond acceptors (Lipinski definition) is 4. The van der Waals surface area contributed by atoms with Crippen LogP contribution in [0.15, 0.2) is 48.5 Å². The predicted molar refractivity (Wildman–Crippen MR) is 117 cm³/mol. The van der Waals surface area contributed by atoms with Gasteiger partial charge in [0.15, 0.2) is 0 Å². The van der Waals surface area contributed by atoms with E-state index in [4.69, 9.17) is 4.74 Å². The van der Waals surface area contributed by atoms with E-state index in [0.29, 0.717) is 45.0 Å². The molecular formula is C23H27FN4O3. The molecule has 0 spiro atoms. The van der Waals surface area contributed by atoms with Crippen LogP contribution in [-0.2, 0) is 4.79 Å². The Labute approximate surface area is 181 Å². The molecule has 1 atom stereocenters. The van der Waals surface area contributed by atoms with Crippen LogP contribution >= 0.6 is 0 Å². The first-order valence-corrected chi connectivity index (χ1v) is 10.6. The van der Waals surface area contributed by atoms with Crippen LogP contribution in [0, 0.1) is 5.82 Å². The molecule has 2 fully saturated rings. The van der Waals surface area contributed by atoms with Crippen molar-refractivity contribution in [2.45, 2.75) is 19.4 Å². The summed E-state index contributed by atoms with van der Waals surface area (Å²) in [4.78, 5) is 30.5. The average molecular weight is 426 g/mol. The molecule has 0 aliphatic carbocycles. The first-order chi connectivity index (χ1) is 15.0. The number of amides is 3. The number of nitrogens with one attached hydrogen (secondary N) is 1. The van der Waals surface area contributed by atoms with Crippen molar-refractivity contribution >= 4 is 23.3 Å². The van der Waals surface area contributed by atoms with Gasteiger partial charge in [-0.1, -0.05) is 12.1 Å². The SMILES string of the molecule is CCOc1ccc(N2C[C@H](NC(=O)N3CCN(c4ccccc4F)CC3)CC2=O)cc1. The van der Waals surface area contributed by atoms with E-state index in [1.807, 2.05) is 42.2 Å². The molecule has 2 aromatic rings. The van der Waals surface area contributed by atoms with E-state index >= 15 is 0 Å². The van der Waals surface area contributed by atoms with E-state index in [1.54, 1.807) is 21.9 Å². The number of carbonyl (C=O) groups is 2. The molecule has 4 rings (SSSR count). The fourth-order valence-corrected chi connectivity index (χ4v) is 4.07. The Kier molecular flexibility index (Phi) is 6.25. The van der Waals surface area contributed by atoms with E-state index in [1.165, 1.54) is 6.07 Å². The Bertz CT molecular complexity index is 929. The van der Waals surface area contributed by atoms with Gasteiger partial charge in [-0.25, -0.2) is 9.18 Å². The minimum absolute atomic E-state index is 0.0150. The number of urea groups is 1. The zero-order valence-electron chi connectivity index (χ0n) is 17.6. The molecule has 31 heavy (non-hydrogen) atoms. The van der Waals surface area contributed by atoms with Crippen LogP contribution in [0.4, 0.5) is 20.6 Å². The van der Waals surface area contributed by atoms with Gasteiger partial charge in [0.05, 0.1) is 18.3 Å². The largest absolute Gasteiger partial charge is 0.494 e. The molecule has 0 radical (unpaired) electrons. The summed E-state index contributed by atoms with van der Waals surface area (Å²) in [6.07, 6.45) is 0.272. The molecule has 0 saturated carbocycles. The summed E-state index contributed by atoms with van der Waals surface area (Å²) in [6, 6.07) is 13.7. The maximum absolute atomic E-state index is 14.0. The number of para-hydroxylation sites is 1. The van der Waals surface area contributed by atoms with Gasteiger partial charge in [0.2, 0.25) is 5.91 Å². The first-order valence-electron chi connectivity index (χ1n) is 10.6. The summed E-state index contributed by atoms with van der Waals surface area (Å²) < 4.78 is 19.4. The molecule has 7 nitrogen and oxygen atoms in total. The minimum Gasteiger partial charge on any atom is -0.494 e. The summed E-state index contributed by atoms with van der Waals surface area (Å²) in [5.41, 5.74) is 1.36. The standard InChI is InChI=1S/C23H27FN4O3/c1-2-31-19-9-7-18(8-10-19)28-16-17(15-22(28)29)25-23(30)27-13-11-26(12-14-27)21-6-4-3-5-20(21)24/h3-10,17H,2,11-16H2,1H3,(H,25,30)/t17-/m1/s1. The average Bonchev–Trinajstić information content (AvgIpc) is 3.15. The van der Waals surface area contributed by atoms with Gasteiger partial charge in [-0.15, -0.1) is 0 Å². The van der Waals surface area contributed by atoms with Gasteiger partial charge in [-0.3, -0.25) is 4.79 Å². The molecule has 0 unspecified atom stereocenters. The quantitative estimate of drug-likeness (QED) is 0.799. The Morgan fingerprint density at radius 2 is 1.81 bits per heavy atom. The van der Waals surface area contributed by atoms with Crippen LogP contribution < -0.4 is 19.9 Å². The van der Waals surface area contributed by atoms with Crippen molar-refractivity contribution in [2.24, 2.45) is 0 Å². The maximum Gasteiger partial charge on any atom is 0.317 e. The molecule has 2 aliphatic heterocycles. The Balaban J connectivity index is 1.29. The monoisotopic (exact) mass is 426 g/mol. The topological polar surface area (TPSA) is 65.1 Å². The van der Waals surface area contributed by atoms with Gasteiger partial charge in [0.1, 0.15) is 11.6 Å². The lowest BCUT2D eigenvalue weighted by molar-refractivity contribution is -0.117. The van der Waals surface area contributed by atoms with E-state index in [2.05, 4.69) is 5.32 Å². The lowest BCUT2D eigenvalue weighted by Gasteiger charge is -2.36. The van der Waals surface area contributed by atoms with Crippen molar-refractivity contribution < 1.29 is 18.7 Å². The number of benzene rings is 2. The van der Waals surface area contributed by atoms with Crippen molar-refractivity contribution in [1.29, 1.82) is 0 Å². The maximum atomic E-state index is 14.0. The Hall–Kier alpha value is -3.29. The zero-order valence-corrected chi connectivity index (χ0v) is 17.6. The molecule has 164 valence electrons. The van der Waals surface area contributed by atoms with Crippen LogP contribution in [0.2, 0.25) is 0 Å². The lowest BCUT2D eigenvalue weighted by Crippen LogP contribution is -2.54. The lowest BCUT2D eigenvalue weighted by atomic mass is 10.2. The number of anilines is 2.